The van der Waals surface area contributed by atoms with Crippen LogP contribution in [0.15, 0.2) is 12.2 Å². The van der Waals surface area contributed by atoms with Crippen molar-refractivity contribution in [3.05, 3.63) is 12.2 Å². The summed E-state index contributed by atoms with van der Waals surface area (Å²) in [6.07, 6.45) is 9.36. The Morgan fingerprint density at radius 1 is 1.33 bits per heavy atom. The van der Waals surface area contributed by atoms with E-state index < -0.39 is 0 Å². The van der Waals surface area contributed by atoms with Gasteiger partial charge in [0, 0.05) is 5.28 Å². The van der Waals surface area contributed by atoms with Crippen LogP contribution in [-0.2, 0) is 0 Å². The third-order valence-electron chi connectivity index (χ3n) is 2.02. The van der Waals surface area contributed by atoms with E-state index in [1.54, 1.807) is 0 Å². The van der Waals surface area contributed by atoms with E-state index in [1.165, 1.54) is 25.7 Å². The van der Waals surface area contributed by atoms with Gasteiger partial charge in [0.1, 0.15) is 0 Å². The first kappa shape index (κ1) is 12.1. The molecule has 0 radical (unpaired) electrons. The SMILES string of the molecule is CCC/C=C/CCC(C)(P)NC. The van der Waals surface area contributed by atoms with Crippen molar-refractivity contribution in [3.63, 3.8) is 0 Å². The zero-order valence-electron chi connectivity index (χ0n) is 8.56. The fraction of sp³-hybridized carbons (Fsp3) is 0.800. The molecule has 12 heavy (non-hydrogen) atoms. The first-order chi connectivity index (χ1) is 5.62. The third-order valence-corrected chi connectivity index (χ3v) is 2.60. The monoisotopic (exact) mass is 187 g/mol. The van der Waals surface area contributed by atoms with Crippen LogP contribution in [0.4, 0.5) is 0 Å². The molecule has 0 rings (SSSR count). The highest BCUT2D eigenvalue weighted by molar-refractivity contribution is 7.18. The molecule has 0 bridgehead atoms. The Morgan fingerprint density at radius 2 is 1.92 bits per heavy atom. The summed E-state index contributed by atoms with van der Waals surface area (Å²) in [6, 6.07) is 0. The Labute approximate surface area is 79.2 Å². The van der Waals surface area contributed by atoms with Gasteiger partial charge in [-0.15, -0.1) is 9.24 Å². The summed E-state index contributed by atoms with van der Waals surface area (Å²) in [5.74, 6) is 0. The second-order valence-corrected chi connectivity index (χ2v) is 4.74. The summed E-state index contributed by atoms with van der Waals surface area (Å²) in [7, 11) is 4.85. The normalized spacial score (nSPS) is 16.7. The molecule has 0 aromatic rings. The summed E-state index contributed by atoms with van der Waals surface area (Å²) in [4.78, 5) is 0. The maximum atomic E-state index is 3.26. The minimum absolute atomic E-state index is 0.205. The Kier molecular flexibility index (Phi) is 6.70. The maximum Gasteiger partial charge on any atom is 0.0295 e. The molecule has 0 heterocycles. The van der Waals surface area contributed by atoms with E-state index in [1.807, 2.05) is 7.05 Å². The van der Waals surface area contributed by atoms with Gasteiger partial charge in [-0.25, -0.2) is 0 Å². The van der Waals surface area contributed by atoms with Gasteiger partial charge in [0.05, 0.1) is 0 Å². The number of nitrogens with one attached hydrogen (secondary N) is 1. The van der Waals surface area contributed by atoms with Gasteiger partial charge < -0.3 is 5.32 Å². The van der Waals surface area contributed by atoms with Crippen molar-refractivity contribution in [1.82, 2.24) is 5.32 Å². The van der Waals surface area contributed by atoms with E-state index in [2.05, 4.69) is 40.6 Å². The van der Waals surface area contributed by atoms with E-state index in [0.717, 1.165) is 0 Å². The molecule has 72 valence electrons. The lowest BCUT2D eigenvalue weighted by Crippen LogP contribution is -2.32. The molecular weight excluding hydrogens is 165 g/mol. The molecule has 0 saturated heterocycles. The number of hydrogen-bond donors (Lipinski definition) is 1. The van der Waals surface area contributed by atoms with Crippen LogP contribution in [-0.4, -0.2) is 12.3 Å². The van der Waals surface area contributed by atoms with Crippen LogP contribution in [0.25, 0.3) is 0 Å². The van der Waals surface area contributed by atoms with Crippen LogP contribution >= 0.6 is 9.24 Å². The Morgan fingerprint density at radius 3 is 2.42 bits per heavy atom. The zero-order chi connectivity index (χ0) is 9.45. The van der Waals surface area contributed by atoms with Gasteiger partial charge in [0.15, 0.2) is 0 Å². The van der Waals surface area contributed by atoms with Gasteiger partial charge in [-0.05, 0) is 33.2 Å². The maximum absolute atomic E-state index is 3.26. The fourth-order valence-electron chi connectivity index (χ4n) is 0.911. The fourth-order valence-corrected chi connectivity index (χ4v) is 1.08. The largest absolute Gasteiger partial charge is 0.311 e. The molecule has 0 aliphatic carbocycles. The summed E-state index contributed by atoms with van der Waals surface area (Å²) in [5, 5.41) is 3.47. The quantitative estimate of drug-likeness (QED) is 0.498. The van der Waals surface area contributed by atoms with Gasteiger partial charge in [-0.1, -0.05) is 25.5 Å². The van der Waals surface area contributed by atoms with Crippen molar-refractivity contribution in [2.75, 3.05) is 7.05 Å². The molecule has 2 heteroatoms. The highest BCUT2D eigenvalue weighted by Gasteiger charge is 2.12. The lowest BCUT2D eigenvalue weighted by atomic mass is 10.1. The van der Waals surface area contributed by atoms with Crippen LogP contribution in [0, 0.1) is 0 Å². The van der Waals surface area contributed by atoms with Crippen molar-refractivity contribution in [2.24, 2.45) is 0 Å². The number of rotatable bonds is 6. The highest BCUT2D eigenvalue weighted by Crippen LogP contribution is 2.19. The van der Waals surface area contributed by atoms with E-state index in [-0.39, 0.29) is 5.28 Å². The Bertz CT molecular complexity index is 130. The van der Waals surface area contributed by atoms with Crippen molar-refractivity contribution < 1.29 is 0 Å². The smallest absolute Gasteiger partial charge is 0.0295 e. The standard InChI is InChI=1S/C10H22NP/c1-4-5-6-7-8-9-10(2,12)11-3/h6-7,11H,4-5,8-9,12H2,1-3H3/b7-6+. The van der Waals surface area contributed by atoms with Crippen molar-refractivity contribution >= 4 is 9.24 Å². The molecule has 2 atom stereocenters. The lowest BCUT2D eigenvalue weighted by molar-refractivity contribution is 0.517. The molecule has 0 aliphatic heterocycles. The molecule has 0 fully saturated rings. The summed E-state index contributed by atoms with van der Waals surface area (Å²) < 4.78 is 0. The van der Waals surface area contributed by atoms with Crippen LogP contribution in [0.3, 0.4) is 0 Å². The molecular formula is C10H22NP. The molecule has 2 unspecified atom stereocenters. The second kappa shape index (κ2) is 6.62. The van der Waals surface area contributed by atoms with Gasteiger partial charge >= 0.3 is 0 Å². The van der Waals surface area contributed by atoms with Crippen molar-refractivity contribution in [2.45, 2.75) is 44.8 Å². The summed E-state index contributed by atoms with van der Waals surface area (Å²) in [5.41, 5.74) is 0. The molecule has 0 aliphatic rings. The van der Waals surface area contributed by atoms with E-state index in [9.17, 15) is 0 Å². The topological polar surface area (TPSA) is 12.0 Å². The second-order valence-electron chi connectivity index (χ2n) is 3.47. The predicted octanol–water partition coefficient (Wildman–Crippen LogP) is 2.93. The van der Waals surface area contributed by atoms with E-state index >= 15 is 0 Å². The molecule has 0 spiro atoms. The van der Waals surface area contributed by atoms with Gasteiger partial charge in [-0.3, -0.25) is 0 Å². The molecule has 1 nitrogen and oxygen atoms in total. The van der Waals surface area contributed by atoms with Crippen LogP contribution in [0.1, 0.15) is 39.5 Å². The zero-order valence-corrected chi connectivity index (χ0v) is 9.72. The predicted molar refractivity (Wildman–Crippen MR) is 60.5 cm³/mol. The number of allylic oxidation sites excluding steroid dienone is 2. The first-order valence-electron chi connectivity index (χ1n) is 4.75. The van der Waals surface area contributed by atoms with Crippen LogP contribution < -0.4 is 5.32 Å². The van der Waals surface area contributed by atoms with E-state index in [4.69, 9.17) is 0 Å². The summed E-state index contributed by atoms with van der Waals surface area (Å²) in [6.45, 7) is 4.41. The minimum Gasteiger partial charge on any atom is -0.311 e. The lowest BCUT2D eigenvalue weighted by Gasteiger charge is -2.22. The third kappa shape index (κ3) is 6.82. The van der Waals surface area contributed by atoms with Crippen LogP contribution in [0.5, 0.6) is 0 Å². The average Bonchev–Trinajstić information content (AvgIpc) is 2.04. The molecule has 0 saturated carbocycles. The minimum atomic E-state index is 0.205. The summed E-state index contributed by atoms with van der Waals surface area (Å²) >= 11 is 0. The number of unbranched alkanes of at least 4 members (excludes halogenated alkanes) is 1. The Hall–Kier alpha value is 0.130. The van der Waals surface area contributed by atoms with Gasteiger partial charge in [0.2, 0.25) is 0 Å². The van der Waals surface area contributed by atoms with Gasteiger partial charge in [0.25, 0.3) is 0 Å². The van der Waals surface area contributed by atoms with E-state index in [0.29, 0.717) is 0 Å². The molecule has 0 amide bonds. The van der Waals surface area contributed by atoms with Crippen LogP contribution in [0.2, 0.25) is 0 Å². The highest BCUT2D eigenvalue weighted by atomic mass is 31.0. The molecule has 0 aromatic heterocycles. The first-order valence-corrected chi connectivity index (χ1v) is 5.33. The Balaban J connectivity index is 3.42. The van der Waals surface area contributed by atoms with Crippen molar-refractivity contribution in [3.8, 4) is 0 Å². The van der Waals surface area contributed by atoms with Gasteiger partial charge in [-0.2, -0.15) is 0 Å². The average molecular weight is 187 g/mol. The number of hydrogen-bond acceptors (Lipinski definition) is 1. The van der Waals surface area contributed by atoms with Crippen molar-refractivity contribution in [1.29, 1.82) is 0 Å². The molecule has 1 N–H and O–H groups in total. The molecule has 0 aromatic carbocycles.